The van der Waals surface area contributed by atoms with E-state index < -0.39 is 11.0 Å². The molecule has 0 heterocycles. The molecule has 196 valence electrons. The van der Waals surface area contributed by atoms with Crippen LogP contribution in [0.25, 0.3) is 5.57 Å². The lowest BCUT2D eigenvalue weighted by atomic mass is 9.57. The summed E-state index contributed by atoms with van der Waals surface area (Å²) in [7, 11) is 7.20. The molecule has 1 aromatic carbocycles. The number of nitrogens with zero attached hydrogens (tertiary/aromatic N) is 2. The van der Waals surface area contributed by atoms with Gasteiger partial charge in [0.2, 0.25) is 5.91 Å². The molecule has 6 heteroatoms. The van der Waals surface area contributed by atoms with Crippen molar-refractivity contribution in [1.29, 1.82) is 0 Å². The number of aliphatic hydroxyl groups is 1. The molecule has 1 amide bonds. The highest BCUT2D eigenvalue weighted by atomic mass is 16.5. The Bertz CT molecular complexity index is 865. The van der Waals surface area contributed by atoms with E-state index in [4.69, 9.17) is 9.47 Å². The number of fused-ring (bicyclic) bond motifs is 2. The fraction of sp³-hybridized carbons (Fsp3) is 0.690. The monoisotopic (exact) mass is 486 g/mol. The van der Waals surface area contributed by atoms with Gasteiger partial charge in [-0.05, 0) is 76.6 Å². The molecule has 0 radical (unpaired) electrons. The first kappa shape index (κ1) is 27.9. The standard InChI is InChI=1S/C29H46N2O4/c1-22-24-13-14-25(26(22)23-11-8-7-9-12-23)29(33,19-24)15-18-30(3)16-10-17-31(4)27(32)28(2,20-34-5)21-35-6/h7-9,11-12,24-25,33H,10,13-21H2,1-6H3/t24-,25+,29+/m0/s1. The Kier molecular flexibility index (Phi) is 9.55. The maximum absolute atomic E-state index is 13.0. The zero-order valence-corrected chi connectivity index (χ0v) is 22.7. The molecule has 3 atom stereocenters. The van der Waals surface area contributed by atoms with Gasteiger partial charge in [-0.2, -0.15) is 0 Å². The van der Waals surface area contributed by atoms with Crippen LogP contribution in [0.3, 0.4) is 0 Å². The number of benzene rings is 1. The highest BCUT2D eigenvalue weighted by molar-refractivity contribution is 5.82. The second-order valence-electron chi connectivity index (χ2n) is 11.2. The Hall–Kier alpha value is -1.73. The SMILES string of the molecule is COCC(C)(COC)C(=O)N(C)CCCN(C)CC[C@@]1(O)C[C@@H]2CC[C@@H]1C(c1ccccc1)=C2C. The molecule has 0 aliphatic heterocycles. The zero-order valence-electron chi connectivity index (χ0n) is 22.7. The summed E-state index contributed by atoms with van der Waals surface area (Å²) in [5.41, 5.74) is 2.82. The molecule has 6 nitrogen and oxygen atoms in total. The number of ether oxygens (including phenoxy) is 2. The normalized spacial score (nSPS) is 24.3. The number of methoxy groups -OCH3 is 2. The minimum Gasteiger partial charge on any atom is -0.389 e. The molecule has 3 aliphatic carbocycles. The molecule has 0 unspecified atom stereocenters. The van der Waals surface area contributed by atoms with Crippen LogP contribution in [0.5, 0.6) is 0 Å². The Morgan fingerprint density at radius 3 is 2.37 bits per heavy atom. The number of carbonyl (C=O) groups is 1. The van der Waals surface area contributed by atoms with E-state index in [2.05, 4.69) is 49.2 Å². The third-order valence-corrected chi connectivity index (χ3v) is 8.27. The van der Waals surface area contributed by atoms with E-state index in [9.17, 15) is 9.90 Å². The molecular formula is C29H46N2O4. The van der Waals surface area contributed by atoms with Crippen LogP contribution in [0, 0.1) is 17.3 Å². The first-order valence-electron chi connectivity index (χ1n) is 13.1. The van der Waals surface area contributed by atoms with Crippen molar-refractivity contribution in [3.8, 4) is 0 Å². The van der Waals surface area contributed by atoms with Crippen molar-refractivity contribution < 1.29 is 19.4 Å². The smallest absolute Gasteiger partial charge is 0.232 e. The number of rotatable bonds is 13. The fourth-order valence-corrected chi connectivity index (χ4v) is 6.35. The third-order valence-electron chi connectivity index (χ3n) is 8.27. The van der Waals surface area contributed by atoms with Crippen molar-refractivity contribution in [2.24, 2.45) is 17.3 Å². The molecule has 1 saturated carbocycles. The Labute approximate surface area is 212 Å². The van der Waals surface area contributed by atoms with E-state index >= 15 is 0 Å². The maximum atomic E-state index is 13.0. The van der Waals surface area contributed by atoms with E-state index in [1.807, 2.05) is 14.0 Å². The van der Waals surface area contributed by atoms with Crippen LogP contribution in [0.1, 0.15) is 51.5 Å². The highest BCUT2D eigenvalue weighted by Gasteiger charge is 2.49. The summed E-state index contributed by atoms with van der Waals surface area (Å²) in [6.07, 6.45) is 4.80. The topological polar surface area (TPSA) is 62.2 Å². The van der Waals surface area contributed by atoms with E-state index in [-0.39, 0.29) is 11.8 Å². The fourth-order valence-electron chi connectivity index (χ4n) is 6.35. The number of hydrogen-bond donors (Lipinski definition) is 1. The van der Waals surface area contributed by atoms with Gasteiger partial charge in [0.05, 0.1) is 24.2 Å². The first-order chi connectivity index (χ1) is 16.6. The first-order valence-corrected chi connectivity index (χ1v) is 13.1. The average Bonchev–Trinajstić information content (AvgIpc) is 2.84. The quantitative estimate of drug-likeness (QED) is 0.455. The predicted molar refractivity (Wildman–Crippen MR) is 141 cm³/mol. The van der Waals surface area contributed by atoms with Crippen LogP contribution in [-0.2, 0) is 14.3 Å². The van der Waals surface area contributed by atoms with Gasteiger partial charge in [-0.15, -0.1) is 0 Å². The van der Waals surface area contributed by atoms with Crippen molar-refractivity contribution in [2.75, 3.05) is 61.2 Å². The van der Waals surface area contributed by atoms with Gasteiger partial charge in [0.15, 0.2) is 0 Å². The average molecular weight is 487 g/mol. The summed E-state index contributed by atoms with van der Waals surface area (Å²) in [5.74, 6) is 0.747. The highest BCUT2D eigenvalue weighted by Crippen LogP contribution is 2.54. The molecule has 2 bridgehead atoms. The number of allylic oxidation sites excluding steroid dienone is 1. The van der Waals surface area contributed by atoms with Gasteiger partial charge in [0.25, 0.3) is 0 Å². The molecule has 0 aromatic heterocycles. The second-order valence-corrected chi connectivity index (χ2v) is 11.2. The van der Waals surface area contributed by atoms with Gasteiger partial charge in [0, 0.05) is 40.3 Å². The number of amides is 1. The summed E-state index contributed by atoms with van der Waals surface area (Å²) < 4.78 is 10.5. The van der Waals surface area contributed by atoms with Gasteiger partial charge < -0.3 is 24.4 Å². The van der Waals surface area contributed by atoms with E-state index in [1.54, 1.807) is 19.1 Å². The lowest BCUT2D eigenvalue weighted by Crippen LogP contribution is -2.49. The van der Waals surface area contributed by atoms with Crippen molar-refractivity contribution in [1.82, 2.24) is 9.80 Å². The predicted octanol–water partition coefficient (Wildman–Crippen LogP) is 4.09. The lowest BCUT2D eigenvalue weighted by molar-refractivity contribution is -0.146. The molecule has 0 spiro atoms. The lowest BCUT2D eigenvalue weighted by Gasteiger charge is -2.51. The summed E-state index contributed by atoms with van der Waals surface area (Å²) >= 11 is 0. The minimum absolute atomic E-state index is 0.0481. The molecule has 3 aliphatic rings. The Morgan fingerprint density at radius 2 is 1.74 bits per heavy atom. The van der Waals surface area contributed by atoms with Gasteiger partial charge >= 0.3 is 0 Å². The largest absolute Gasteiger partial charge is 0.389 e. The van der Waals surface area contributed by atoms with Crippen LogP contribution in [0.2, 0.25) is 0 Å². The van der Waals surface area contributed by atoms with E-state index in [0.717, 1.165) is 38.8 Å². The minimum atomic E-state index is -0.671. The Morgan fingerprint density at radius 1 is 1.09 bits per heavy atom. The van der Waals surface area contributed by atoms with Crippen LogP contribution < -0.4 is 0 Å². The van der Waals surface area contributed by atoms with E-state index in [1.165, 1.54) is 23.1 Å². The van der Waals surface area contributed by atoms with Crippen molar-refractivity contribution in [2.45, 2.75) is 51.6 Å². The third kappa shape index (κ3) is 6.34. The summed E-state index contributed by atoms with van der Waals surface area (Å²) in [5, 5.41) is 11.8. The van der Waals surface area contributed by atoms with Gasteiger partial charge in [-0.3, -0.25) is 4.79 Å². The summed E-state index contributed by atoms with van der Waals surface area (Å²) in [4.78, 5) is 17.0. The van der Waals surface area contributed by atoms with Crippen molar-refractivity contribution >= 4 is 11.5 Å². The van der Waals surface area contributed by atoms with Gasteiger partial charge in [0.1, 0.15) is 0 Å². The maximum Gasteiger partial charge on any atom is 0.232 e. The van der Waals surface area contributed by atoms with Gasteiger partial charge in [-0.1, -0.05) is 35.9 Å². The second kappa shape index (κ2) is 12.0. The molecule has 1 aromatic rings. The molecule has 1 N–H and O–H groups in total. The van der Waals surface area contributed by atoms with Crippen molar-refractivity contribution in [3.05, 3.63) is 41.5 Å². The van der Waals surface area contributed by atoms with Crippen LogP contribution in [0.4, 0.5) is 0 Å². The number of hydrogen-bond acceptors (Lipinski definition) is 5. The van der Waals surface area contributed by atoms with E-state index in [0.29, 0.717) is 25.7 Å². The Balaban J connectivity index is 1.52. The van der Waals surface area contributed by atoms with Crippen molar-refractivity contribution in [3.63, 3.8) is 0 Å². The molecule has 35 heavy (non-hydrogen) atoms. The van der Waals surface area contributed by atoms with Crippen LogP contribution in [-0.4, -0.2) is 87.6 Å². The number of carbonyl (C=O) groups excluding carboxylic acids is 1. The zero-order chi connectivity index (χ0) is 25.6. The molecular weight excluding hydrogens is 440 g/mol. The molecule has 1 fully saturated rings. The van der Waals surface area contributed by atoms with Crippen LogP contribution in [0.15, 0.2) is 35.9 Å². The molecule has 4 rings (SSSR count). The van der Waals surface area contributed by atoms with Gasteiger partial charge in [-0.25, -0.2) is 0 Å². The summed E-state index contributed by atoms with van der Waals surface area (Å²) in [6.45, 7) is 7.25. The summed E-state index contributed by atoms with van der Waals surface area (Å²) in [6, 6.07) is 10.6. The molecule has 0 saturated heterocycles. The van der Waals surface area contributed by atoms with Crippen LogP contribution >= 0.6 is 0 Å².